The highest BCUT2D eigenvalue weighted by Crippen LogP contribution is 2.40. The third-order valence-electron chi connectivity index (χ3n) is 5.76. The van der Waals surface area contributed by atoms with Crippen LogP contribution in [0.2, 0.25) is 5.02 Å². The molecule has 1 aliphatic rings. The Morgan fingerprint density at radius 3 is 2.52 bits per heavy atom. The molecule has 4 nitrogen and oxygen atoms in total. The van der Waals surface area contributed by atoms with E-state index in [4.69, 9.17) is 22.1 Å². The first-order valence-electron chi connectivity index (χ1n) is 10.5. The number of nitrogens with one attached hydrogen (secondary N) is 1. The molecule has 3 N–H and O–H groups in total. The van der Waals surface area contributed by atoms with Gasteiger partial charge in [0.25, 0.3) is 0 Å². The molecule has 0 bridgehead atoms. The summed E-state index contributed by atoms with van der Waals surface area (Å²) in [6, 6.07) is 8.30. The van der Waals surface area contributed by atoms with Crippen LogP contribution in [0.15, 0.2) is 24.3 Å². The minimum absolute atomic E-state index is 0.0784. The molecule has 27 heavy (non-hydrogen) atoms. The summed E-state index contributed by atoms with van der Waals surface area (Å²) in [6.45, 7) is 4.36. The van der Waals surface area contributed by atoms with Gasteiger partial charge in [-0.25, -0.2) is 0 Å². The number of carbonyl (C=O) groups excluding carboxylic acids is 1. The molecule has 1 saturated heterocycles. The standard InChI is InChI=1S/C22H35ClN2O2/c1-2-3-7-20(25-21(26)8-5-4-6-15-24)22(13-16-27-17-14-22)18-9-11-19(23)12-10-18/h9-12,20H,2-8,13-17,24H2,1H3,(H,25,26). The number of ether oxygens (including phenoxy) is 1. The number of hydrogen-bond acceptors (Lipinski definition) is 3. The number of carbonyl (C=O) groups is 1. The molecular weight excluding hydrogens is 360 g/mol. The SMILES string of the molecule is CCCCC(NC(=O)CCCCCN)C1(c2ccc(Cl)cc2)CCOCC1. The first-order chi connectivity index (χ1) is 13.1. The van der Waals surface area contributed by atoms with Gasteiger partial charge in [0, 0.05) is 36.1 Å². The molecule has 0 aromatic heterocycles. The summed E-state index contributed by atoms with van der Waals surface area (Å²) in [5, 5.41) is 4.14. The maximum Gasteiger partial charge on any atom is 0.220 e. The van der Waals surface area contributed by atoms with E-state index < -0.39 is 0 Å². The molecular formula is C22H35ClN2O2. The second kappa shape index (κ2) is 11.7. The van der Waals surface area contributed by atoms with Crippen LogP contribution in [-0.2, 0) is 14.9 Å². The third-order valence-corrected chi connectivity index (χ3v) is 6.01. The Morgan fingerprint density at radius 2 is 1.89 bits per heavy atom. The van der Waals surface area contributed by atoms with Crippen molar-refractivity contribution in [2.45, 2.75) is 76.2 Å². The average molecular weight is 395 g/mol. The molecule has 1 aromatic carbocycles. The van der Waals surface area contributed by atoms with E-state index in [0.29, 0.717) is 13.0 Å². The number of rotatable bonds is 11. The van der Waals surface area contributed by atoms with Crippen LogP contribution in [0, 0.1) is 0 Å². The van der Waals surface area contributed by atoms with Gasteiger partial charge in [0.1, 0.15) is 0 Å². The highest BCUT2D eigenvalue weighted by molar-refractivity contribution is 6.30. The van der Waals surface area contributed by atoms with Crippen LogP contribution in [0.25, 0.3) is 0 Å². The topological polar surface area (TPSA) is 64.4 Å². The second-order valence-electron chi connectivity index (χ2n) is 7.64. The number of nitrogens with two attached hydrogens (primary N) is 1. The lowest BCUT2D eigenvalue weighted by atomic mass is 9.67. The number of unbranched alkanes of at least 4 members (excludes halogenated alkanes) is 3. The van der Waals surface area contributed by atoms with E-state index in [1.54, 1.807) is 0 Å². The highest BCUT2D eigenvalue weighted by atomic mass is 35.5. The fraction of sp³-hybridized carbons (Fsp3) is 0.682. The molecule has 1 amide bonds. The molecule has 1 heterocycles. The molecule has 1 fully saturated rings. The van der Waals surface area contributed by atoms with E-state index in [0.717, 1.165) is 69.6 Å². The van der Waals surface area contributed by atoms with Gasteiger partial charge in [-0.15, -0.1) is 0 Å². The lowest BCUT2D eigenvalue weighted by molar-refractivity contribution is -0.123. The highest BCUT2D eigenvalue weighted by Gasteiger charge is 2.42. The normalized spacial score (nSPS) is 17.4. The number of halogens is 1. The number of amides is 1. The Bertz CT molecular complexity index is 556. The first-order valence-corrected chi connectivity index (χ1v) is 10.8. The van der Waals surface area contributed by atoms with Crippen LogP contribution in [0.3, 0.4) is 0 Å². The van der Waals surface area contributed by atoms with Gasteiger partial charge >= 0.3 is 0 Å². The maximum absolute atomic E-state index is 12.7. The van der Waals surface area contributed by atoms with Crippen molar-refractivity contribution >= 4 is 17.5 Å². The molecule has 1 atom stereocenters. The van der Waals surface area contributed by atoms with Crippen LogP contribution in [0.1, 0.15) is 70.3 Å². The van der Waals surface area contributed by atoms with E-state index in [-0.39, 0.29) is 17.4 Å². The van der Waals surface area contributed by atoms with Gasteiger partial charge in [0.2, 0.25) is 5.91 Å². The predicted molar refractivity (Wildman–Crippen MR) is 112 cm³/mol. The monoisotopic (exact) mass is 394 g/mol. The summed E-state index contributed by atoms with van der Waals surface area (Å²) in [7, 11) is 0. The Labute approximate surface area is 169 Å². The van der Waals surface area contributed by atoms with Crippen LogP contribution in [-0.4, -0.2) is 31.7 Å². The van der Waals surface area contributed by atoms with Crippen molar-refractivity contribution in [3.05, 3.63) is 34.9 Å². The summed E-state index contributed by atoms with van der Waals surface area (Å²) in [6.07, 6.45) is 8.56. The fourth-order valence-corrected chi connectivity index (χ4v) is 4.25. The molecule has 0 saturated carbocycles. The summed E-state index contributed by atoms with van der Waals surface area (Å²) in [5.74, 6) is 0.160. The van der Waals surface area contributed by atoms with Gasteiger partial charge < -0.3 is 15.8 Å². The van der Waals surface area contributed by atoms with Crippen molar-refractivity contribution in [1.82, 2.24) is 5.32 Å². The zero-order valence-electron chi connectivity index (χ0n) is 16.6. The van der Waals surface area contributed by atoms with Gasteiger partial charge in [0.15, 0.2) is 0 Å². The van der Waals surface area contributed by atoms with Crippen molar-refractivity contribution in [2.24, 2.45) is 5.73 Å². The summed E-state index contributed by atoms with van der Waals surface area (Å²) in [5.41, 5.74) is 6.73. The van der Waals surface area contributed by atoms with E-state index in [2.05, 4.69) is 24.4 Å². The Kier molecular flexibility index (Phi) is 9.60. The molecule has 1 aromatic rings. The molecule has 0 aliphatic carbocycles. The van der Waals surface area contributed by atoms with Crippen LogP contribution < -0.4 is 11.1 Å². The van der Waals surface area contributed by atoms with Crippen molar-refractivity contribution in [2.75, 3.05) is 19.8 Å². The van der Waals surface area contributed by atoms with Crippen molar-refractivity contribution in [1.29, 1.82) is 0 Å². The van der Waals surface area contributed by atoms with E-state index in [1.807, 2.05) is 12.1 Å². The number of benzene rings is 1. The van der Waals surface area contributed by atoms with Crippen molar-refractivity contribution < 1.29 is 9.53 Å². The fourth-order valence-electron chi connectivity index (χ4n) is 4.12. The summed E-state index contributed by atoms with van der Waals surface area (Å²) >= 11 is 6.12. The first kappa shape index (κ1) is 22.2. The Hall–Kier alpha value is -1.10. The minimum atomic E-state index is -0.0784. The van der Waals surface area contributed by atoms with Crippen LogP contribution >= 0.6 is 11.6 Å². The van der Waals surface area contributed by atoms with Gasteiger partial charge in [-0.05, 0) is 56.3 Å². The van der Waals surface area contributed by atoms with Crippen LogP contribution in [0.5, 0.6) is 0 Å². The molecule has 2 rings (SSSR count). The smallest absolute Gasteiger partial charge is 0.220 e. The Balaban J connectivity index is 2.17. The van der Waals surface area contributed by atoms with Crippen LogP contribution in [0.4, 0.5) is 0 Å². The van der Waals surface area contributed by atoms with Gasteiger partial charge in [0.05, 0.1) is 0 Å². The zero-order valence-corrected chi connectivity index (χ0v) is 17.4. The van der Waals surface area contributed by atoms with Gasteiger partial charge in [-0.2, -0.15) is 0 Å². The van der Waals surface area contributed by atoms with Crippen molar-refractivity contribution in [3.63, 3.8) is 0 Å². The maximum atomic E-state index is 12.7. The minimum Gasteiger partial charge on any atom is -0.381 e. The lowest BCUT2D eigenvalue weighted by Crippen LogP contribution is -2.53. The Morgan fingerprint density at radius 1 is 1.19 bits per heavy atom. The lowest BCUT2D eigenvalue weighted by Gasteiger charge is -2.44. The van der Waals surface area contributed by atoms with Crippen molar-refractivity contribution in [3.8, 4) is 0 Å². The molecule has 0 radical (unpaired) electrons. The molecule has 152 valence electrons. The van der Waals surface area contributed by atoms with Gasteiger partial charge in [-0.1, -0.05) is 49.9 Å². The van der Waals surface area contributed by atoms with E-state index in [1.165, 1.54) is 5.56 Å². The number of hydrogen-bond donors (Lipinski definition) is 2. The van der Waals surface area contributed by atoms with E-state index >= 15 is 0 Å². The third kappa shape index (κ3) is 6.48. The molecule has 1 aliphatic heterocycles. The zero-order chi connectivity index (χ0) is 19.5. The predicted octanol–water partition coefficient (Wildman–Crippen LogP) is 4.58. The second-order valence-corrected chi connectivity index (χ2v) is 8.07. The summed E-state index contributed by atoms with van der Waals surface area (Å²) < 4.78 is 5.67. The largest absolute Gasteiger partial charge is 0.381 e. The summed E-state index contributed by atoms with van der Waals surface area (Å²) in [4.78, 5) is 12.7. The molecule has 5 heteroatoms. The van der Waals surface area contributed by atoms with E-state index in [9.17, 15) is 4.79 Å². The molecule has 1 unspecified atom stereocenters. The van der Waals surface area contributed by atoms with Gasteiger partial charge in [-0.3, -0.25) is 4.79 Å². The average Bonchev–Trinajstić information content (AvgIpc) is 2.69. The molecule has 0 spiro atoms. The quantitative estimate of drug-likeness (QED) is 0.540.